The third kappa shape index (κ3) is 49.4. The van der Waals surface area contributed by atoms with Crippen LogP contribution in [-0.2, 0) is 28.6 Å². The standard InChI is InChI=1S/C56H108O6/c1-6-7-8-9-10-11-12-14-21-26-31-36-41-46-54(57)60-49-53(50-61-55(58)47-42-37-32-27-22-18-17-20-25-30-35-40-45-52(4)5)62-56(59)48-43-38-33-28-23-16-13-15-19-24-29-34-39-44-51(2)3/h51-53H,6-50H2,1-5H3/t53-/m1/s1. The van der Waals surface area contributed by atoms with E-state index in [0.717, 1.165) is 69.6 Å². The van der Waals surface area contributed by atoms with Gasteiger partial charge in [0, 0.05) is 19.3 Å². The average Bonchev–Trinajstić information content (AvgIpc) is 3.24. The van der Waals surface area contributed by atoms with Crippen LogP contribution in [0.15, 0.2) is 0 Å². The Morgan fingerprint density at radius 3 is 0.790 bits per heavy atom. The zero-order valence-electron chi connectivity index (χ0n) is 42.5. The summed E-state index contributed by atoms with van der Waals surface area (Å²) in [5.41, 5.74) is 0. The molecule has 0 rings (SSSR count). The molecule has 0 aliphatic rings. The second kappa shape index (κ2) is 48.9. The van der Waals surface area contributed by atoms with Gasteiger partial charge in [-0.3, -0.25) is 14.4 Å². The van der Waals surface area contributed by atoms with Crippen LogP contribution in [0.25, 0.3) is 0 Å². The van der Waals surface area contributed by atoms with Crippen LogP contribution in [0, 0.1) is 11.8 Å². The van der Waals surface area contributed by atoms with Gasteiger partial charge in [-0.05, 0) is 31.1 Å². The molecular formula is C56H108O6. The SMILES string of the molecule is CCCCCCCCCCCCCCCC(=O)OC[C@H](COC(=O)CCCCCCCCCCCCCCC(C)C)OC(=O)CCCCCCCCCCCCCCCC(C)C. The van der Waals surface area contributed by atoms with E-state index in [1.807, 2.05) is 0 Å². The molecule has 0 fully saturated rings. The highest BCUT2D eigenvalue weighted by atomic mass is 16.6. The summed E-state index contributed by atoms with van der Waals surface area (Å²) in [6, 6.07) is 0. The lowest BCUT2D eigenvalue weighted by molar-refractivity contribution is -0.167. The predicted octanol–water partition coefficient (Wildman–Crippen LogP) is 18.1. The van der Waals surface area contributed by atoms with Crippen LogP contribution in [-0.4, -0.2) is 37.2 Å². The highest BCUT2D eigenvalue weighted by molar-refractivity contribution is 5.71. The minimum Gasteiger partial charge on any atom is -0.462 e. The molecule has 0 radical (unpaired) electrons. The van der Waals surface area contributed by atoms with E-state index >= 15 is 0 Å². The van der Waals surface area contributed by atoms with Gasteiger partial charge >= 0.3 is 17.9 Å². The summed E-state index contributed by atoms with van der Waals surface area (Å²) in [5, 5.41) is 0. The van der Waals surface area contributed by atoms with Crippen molar-refractivity contribution in [1.29, 1.82) is 0 Å². The van der Waals surface area contributed by atoms with E-state index in [2.05, 4.69) is 34.6 Å². The van der Waals surface area contributed by atoms with Crippen LogP contribution in [0.2, 0.25) is 0 Å². The van der Waals surface area contributed by atoms with Gasteiger partial charge < -0.3 is 14.2 Å². The number of esters is 3. The summed E-state index contributed by atoms with van der Waals surface area (Å²) in [6.07, 6.45) is 50.9. The third-order valence-electron chi connectivity index (χ3n) is 12.7. The molecule has 368 valence electrons. The summed E-state index contributed by atoms with van der Waals surface area (Å²) >= 11 is 0. The molecule has 0 unspecified atom stereocenters. The monoisotopic (exact) mass is 877 g/mol. The summed E-state index contributed by atoms with van der Waals surface area (Å²) < 4.78 is 16.9. The van der Waals surface area contributed by atoms with Gasteiger partial charge in [-0.1, -0.05) is 272 Å². The smallest absolute Gasteiger partial charge is 0.306 e. The molecule has 62 heavy (non-hydrogen) atoms. The topological polar surface area (TPSA) is 78.9 Å². The van der Waals surface area contributed by atoms with Crippen molar-refractivity contribution in [1.82, 2.24) is 0 Å². The van der Waals surface area contributed by atoms with Crippen molar-refractivity contribution in [3.63, 3.8) is 0 Å². The molecule has 0 saturated carbocycles. The molecule has 0 N–H and O–H groups in total. The Balaban J connectivity index is 4.31. The van der Waals surface area contributed by atoms with E-state index in [9.17, 15) is 14.4 Å². The van der Waals surface area contributed by atoms with Crippen molar-refractivity contribution in [3.8, 4) is 0 Å². The van der Waals surface area contributed by atoms with Crippen molar-refractivity contribution < 1.29 is 28.6 Å². The zero-order valence-corrected chi connectivity index (χ0v) is 42.5. The molecule has 0 amide bonds. The molecule has 0 aromatic rings. The number of carbonyl (C=O) groups excluding carboxylic acids is 3. The number of ether oxygens (including phenoxy) is 3. The van der Waals surface area contributed by atoms with Crippen LogP contribution < -0.4 is 0 Å². The third-order valence-corrected chi connectivity index (χ3v) is 12.7. The van der Waals surface area contributed by atoms with Gasteiger partial charge in [0.05, 0.1) is 0 Å². The Kier molecular flexibility index (Phi) is 47.6. The fraction of sp³-hybridized carbons (Fsp3) is 0.946. The largest absolute Gasteiger partial charge is 0.462 e. The molecule has 6 heteroatoms. The van der Waals surface area contributed by atoms with Crippen LogP contribution in [0.1, 0.15) is 311 Å². The summed E-state index contributed by atoms with van der Waals surface area (Å²) in [4.78, 5) is 38.1. The highest BCUT2D eigenvalue weighted by Crippen LogP contribution is 2.18. The molecule has 6 nitrogen and oxygen atoms in total. The maximum Gasteiger partial charge on any atom is 0.306 e. The van der Waals surface area contributed by atoms with Gasteiger partial charge in [0.15, 0.2) is 6.10 Å². The van der Waals surface area contributed by atoms with Crippen molar-refractivity contribution in [2.75, 3.05) is 13.2 Å². The number of carbonyl (C=O) groups is 3. The fourth-order valence-electron chi connectivity index (χ4n) is 8.52. The fourth-order valence-corrected chi connectivity index (χ4v) is 8.52. The zero-order chi connectivity index (χ0) is 45.4. The first-order chi connectivity index (χ1) is 30.2. The van der Waals surface area contributed by atoms with Crippen molar-refractivity contribution in [3.05, 3.63) is 0 Å². The van der Waals surface area contributed by atoms with E-state index in [-0.39, 0.29) is 31.1 Å². The lowest BCUT2D eigenvalue weighted by Crippen LogP contribution is -2.30. The van der Waals surface area contributed by atoms with Crippen LogP contribution >= 0.6 is 0 Å². The molecule has 0 aromatic heterocycles. The molecule has 1 atom stereocenters. The molecule has 0 bridgehead atoms. The Labute approximate surface area is 387 Å². The van der Waals surface area contributed by atoms with Gasteiger partial charge in [-0.2, -0.15) is 0 Å². The summed E-state index contributed by atoms with van der Waals surface area (Å²) in [6.45, 7) is 11.4. The first-order valence-corrected chi connectivity index (χ1v) is 27.7. The van der Waals surface area contributed by atoms with E-state index < -0.39 is 6.10 Å². The van der Waals surface area contributed by atoms with Gasteiger partial charge in [-0.15, -0.1) is 0 Å². The normalized spacial score (nSPS) is 12.0. The summed E-state index contributed by atoms with van der Waals surface area (Å²) in [7, 11) is 0. The number of hydrogen-bond donors (Lipinski definition) is 0. The molecule has 0 aromatic carbocycles. The van der Waals surface area contributed by atoms with Gasteiger partial charge in [0.2, 0.25) is 0 Å². The minimum absolute atomic E-state index is 0.0629. The number of hydrogen-bond acceptors (Lipinski definition) is 6. The number of unbranched alkanes of at least 4 members (excludes halogenated alkanes) is 35. The lowest BCUT2D eigenvalue weighted by atomic mass is 10.0. The second-order valence-corrected chi connectivity index (χ2v) is 20.2. The van der Waals surface area contributed by atoms with Crippen LogP contribution in [0.4, 0.5) is 0 Å². The highest BCUT2D eigenvalue weighted by Gasteiger charge is 2.19. The molecule has 0 aliphatic heterocycles. The predicted molar refractivity (Wildman–Crippen MR) is 266 cm³/mol. The molecule has 0 heterocycles. The average molecular weight is 877 g/mol. The van der Waals surface area contributed by atoms with Gasteiger partial charge in [0.1, 0.15) is 13.2 Å². The van der Waals surface area contributed by atoms with E-state index in [1.165, 1.54) is 199 Å². The maximum atomic E-state index is 12.8. The first-order valence-electron chi connectivity index (χ1n) is 27.7. The van der Waals surface area contributed by atoms with Gasteiger partial charge in [0.25, 0.3) is 0 Å². The van der Waals surface area contributed by atoms with Crippen LogP contribution in [0.5, 0.6) is 0 Å². The maximum absolute atomic E-state index is 12.8. The Morgan fingerprint density at radius 2 is 0.532 bits per heavy atom. The Bertz CT molecular complexity index is 947. The lowest BCUT2D eigenvalue weighted by Gasteiger charge is -2.18. The molecule has 0 spiro atoms. The van der Waals surface area contributed by atoms with Gasteiger partial charge in [-0.25, -0.2) is 0 Å². The molecule has 0 aliphatic carbocycles. The Hall–Kier alpha value is -1.59. The quantitative estimate of drug-likeness (QED) is 0.0344. The van der Waals surface area contributed by atoms with E-state index in [1.54, 1.807) is 0 Å². The minimum atomic E-state index is -0.762. The van der Waals surface area contributed by atoms with Crippen molar-refractivity contribution >= 4 is 17.9 Å². The Morgan fingerprint density at radius 1 is 0.306 bits per heavy atom. The van der Waals surface area contributed by atoms with E-state index in [4.69, 9.17) is 14.2 Å². The first kappa shape index (κ1) is 60.4. The van der Waals surface area contributed by atoms with E-state index in [0.29, 0.717) is 19.3 Å². The molecular weight excluding hydrogens is 769 g/mol. The van der Waals surface area contributed by atoms with Crippen molar-refractivity contribution in [2.24, 2.45) is 11.8 Å². The molecule has 0 saturated heterocycles. The summed E-state index contributed by atoms with van der Waals surface area (Å²) in [5.74, 6) is 0.830. The second-order valence-electron chi connectivity index (χ2n) is 20.2. The number of rotatable bonds is 50. The van der Waals surface area contributed by atoms with Crippen molar-refractivity contribution in [2.45, 2.75) is 317 Å². The van der Waals surface area contributed by atoms with Crippen LogP contribution in [0.3, 0.4) is 0 Å².